The van der Waals surface area contributed by atoms with E-state index < -0.39 is 5.97 Å². The van der Waals surface area contributed by atoms with Gasteiger partial charge in [0, 0.05) is 11.4 Å². The van der Waals surface area contributed by atoms with Crippen LogP contribution in [-0.4, -0.2) is 38.7 Å². The van der Waals surface area contributed by atoms with Crippen LogP contribution < -0.4 is 0 Å². The predicted molar refractivity (Wildman–Crippen MR) is 104 cm³/mol. The molecule has 1 aliphatic rings. The third-order valence-electron chi connectivity index (χ3n) is 3.44. The number of amides is 1. The number of amidine groups is 1. The summed E-state index contributed by atoms with van der Waals surface area (Å²) in [5, 5.41) is 21.1. The number of aliphatic imine (C=N–C) groups is 1. The van der Waals surface area contributed by atoms with Crippen molar-refractivity contribution >= 4 is 51.9 Å². The summed E-state index contributed by atoms with van der Waals surface area (Å²) >= 11 is 2.69. The Labute approximate surface area is 157 Å². The first-order valence-corrected chi connectivity index (χ1v) is 9.20. The molecule has 2 heterocycles. The van der Waals surface area contributed by atoms with Gasteiger partial charge in [-0.1, -0.05) is 12.1 Å². The zero-order valence-corrected chi connectivity index (χ0v) is 15.1. The Bertz CT molecular complexity index is 933. The molecule has 1 aromatic heterocycles. The largest absolute Gasteiger partial charge is 0.508 e. The maximum absolute atomic E-state index is 12.7. The van der Waals surface area contributed by atoms with E-state index in [0.29, 0.717) is 10.1 Å². The summed E-state index contributed by atoms with van der Waals surface area (Å²) in [4.78, 5) is 31.3. The van der Waals surface area contributed by atoms with E-state index in [1.54, 1.807) is 12.2 Å². The number of thioether (sulfide) groups is 1. The van der Waals surface area contributed by atoms with Gasteiger partial charge in [0.15, 0.2) is 5.17 Å². The molecule has 26 heavy (non-hydrogen) atoms. The highest BCUT2D eigenvalue weighted by atomic mass is 32.2. The van der Waals surface area contributed by atoms with E-state index in [0.717, 1.165) is 10.9 Å². The summed E-state index contributed by atoms with van der Waals surface area (Å²) in [5.74, 6) is -1.58. The molecule has 1 amide bonds. The molecule has 8 heteroatoms. The van der Waals surface area contributed by atoms with Crippen molar-refractivity contribution in [1.29, 1.82) is 0 Å². The number of nitrogens with zero attached hydrogens (tertiary/aromatic N) is 2. The Morgan fingerprint density at radius 3 is 2.81 bits per heavy atom. The lowest BCUT2D eigenvalue weighted by atomic mass is 10.2. The number of aromatic hydroxyl groups is 1. The van der Waals surface area contributed by atoms with Crippen LogP contribution in [0.5, 0.6) is 5.75 Å². The molecule has 0 aliphatic carbocycles. The van der Waals surface area contributed by atoms with Crippen molar-refractivity contribution < 1.29 is 19.8 Å². The highest BCUT2D eigenvalue weighted by Crippen LogP contribution is 2.35. The Hall–Kier alpha value is -2.84. The average Bonchev–Trinajstić information content (AvgIpc) is 3.21. The van der Waals surface area contributed by atoms with Crippen molar-refractivity contribution in [1.82, 2.24) is 4.90 Å². The van der Waals surface area contributed by atoms with Crippen molar-refractivity contribution in [3.63, 3.8) is 0 Å². The first-order valence-electron chi connectivity index (χ1n) is 7.50. The molecule has 0 radical (unpaired) electrons. The van der Waals surface area contributed by atoms with Crippen LogP contribution in [0.25, 0.3) is 6.08 Å². The molecule has 0 atom stereocenters. The van der Waals surface area contributed by atoms with Gasteiger partial charge in [-0.25, -0.2) is 9.79 Å². The molecule has 1 aromatic carbocycles. The van der Waals surface area contributed by atoms with E-state index in [1.807, 2.05) is 17.5 Å². The summed E-state index contributed by atoms with van der Waals surface area (Å²) in [5.41, 5.74) is 0.0248. The Kier molecular flexibility index (Phi) is 5.24. The number of aromatic carboxylic acids is 1. The standard InChI is InChI=1S/C18H14N2O4S2/c1-2-7-20-16(22)15(10-12-4-3-8-25-12)26-18(20)19-14-6-5-11(21)9-13(14)17(23)24/h2-6,8-10,21H,1,7H2,(H,23,24)/b15-10-,19-18?. The molecular formula is C18H14N2O4S2. The lowest BCUT2D eigenvalue weighted by Gasteiger charge is -2.13. The van der Waals surface area contributed by atoms with Crippen LogP contribution in [-0.2, 0) is 4.79 Å². The molecule has 0 saturated carbocycles. The number of carboxylic acids is 1. The number of carboxylic acid groups (broad SMARTS) is 1. The summed E-state index contributed by atoms with van der Waals surface area (Å²) in [6, 6.07) is 7.69. The molecule has 1 fully saturated rings. The van der Waals surface area contributed by atoms with Gasteiger partial charge in [0.1, 0.15) is 5.75 Å². The maximum Gasteiger partial charge on any atom is 0.338 e. The molecule has 0 spiro atoms. The first-order chi connectivity index (χ1) is 12.5. The fourth-order valence-corrected chi connectivity index (χ4v) is 4.00. The number of carbonyl (C=O) groups is 2. The monoisotopic (exact) mass is 386 g/mol. The topological polar surface area (TPSA) is 90.2 Å². The number of carbonyl (C=O) groups excluding carboxylic acids is 1. The number of phenols is 1. The number of rotatable bonds is 5. The predicted octanol–water partition coefficient (Wildman–Crippen LogP) is 3.94. The van der Waals surface area contributed by atoms with E-state index in [2.05, 4.69) is 11.6 Å². The van der Waals surface area contributed by atoms with Gasteiger partial charge in [-0.3, -0.25) is 9.69 Å². The summed E-state index contributed by atoms with van der Waals surface area (Å²) in [6.45, 7) is 3.91. The van der Waals surface area contributed by atoms with Crippen molar-refractivity contribution in [2.24, 2.45) is 4.99 Å². The van der Waals surface area contributed by atoms with E-state index >= 15 is 0 Å². The second-order valence-corrected chi connectivity index (χ2v) is 7.22. The van der Waals surface area contributed by atoms with Crippen LogP contribution >= 0.6 is 23.1 Å². The number of benzene rings is 1. The molecule has 1 saturated heterocycles. The van der Waals surface area contributed by atoms with Crippen LogP contribution in [0.2, 0.25) is 0 Å². The minimum absolute atomic E-state index is 0.139. The van der Waals surface area contributed by atoms with Gasteiger partial charge in [-0.15, -0.1) is 17.9 Å². The molecule has 2 aromatic rings. The minimum atomic E-state index is -1.21. The van der Waals surface area contributed by atoms with Crippen LogP contribution in [0.15, 0.2) is 58.3 Å². The molecule has 2 N–H and O–H groups in total. The molecule has 6 nitrogen and oxygen atoms in total. The van der Waals surface area contributed by atoms with Gasteiger partial charge >= 0.3 is 5.97 Å². The summed E-state index contributed by atoms with van der Waals surface area (Å²) in [6.07, 6.45) is 3.36. The smallest absolute Gasteiger partial charge is 0.338 e. The first kappa shape index (κ1) is 18.0. The number of hydrogen-bond donors (Lipinski definition) is 2. The van der Waals surface area contributed by atoms with E-state index in [4.69, 9.17) is 0 Å². The molecule has 1 aliphatic heterocycles. The fourth-order valence-electron chi connectivity index (χ4n) is 2.28. The number of hydrogen-bond acceptors (Lipinski definition) is 6. The van der Waals surface area contributed by atoms with Gasteiger partial charge in [0.2, 0.25) is 0 Å². The van der Waals surface area contributed by atoms with Crippen molar-refractivity contribution in [3.05, 3.63) is 63.7 Å². The van der Waals surface area contributed by atoms with Crippen LogP contribution in [0.4, 0.5) is 5.69 Å². The van der Waals surface area contributed by atoms with Crippen LogP contribution in [0.1, 0.15) is 15.2 Å². The third-order valence-corrected chi connectivity index (χ3v) is 5.27. The number of phenolic OH excluding ortho intramolecular Hbond substituents is 1. The molecular weight excluding hydrogens is 372 g/mol. The minimum Gasteiger partial charge on any atom is -0.508 e. The lowest BCUT2D eigenvalue weighted by molar-refractivity contribution is -0.121. The van der Waals surface area contributed by atoms with Crippen LogP contribution in [0, 0.1) is 0 Å². The highest BCUT2D eigenvalue weighted by molar-refractivity contribution is 8.18. The normalized spacial score (nSPS) is 17.2. The molecule has 0 unspecified atom stereocenters. The third kappa shape index (κ3) is 3.71. The zero-order chi connectivity index (χ0) is 18.7. The maximum atomic E-state index is 12.7. The molecule has 132 valence electrons. The van der Waals surface area contributed by atoms with Crippen molar-refractivity contribution in [3.8, 4) is 5.75 Å². The van der Waals surface area contributed by atoms with E-state index in [-0.39, 0.29) is 29.5 Å². The quantitative estimate of drug-likeness (QED) is 0.600. The lowest BCUT2D eigenvalue weighted by Crippen LogP contribution is -2.29. The summed E-state index contributed by atoms with van der Waals surface area (Å²) in [7, 11) is 0. The van der Waals surface area contributed by atoms with Gasteiger partial charge in [-0.05, 0) is 47.5 Å². The van der Waals surface area contributed by atoms with E-state index in [9.17, 15) is 19.8 Å². The van der Waals surface area contributed by atoms with Crippen molar-refractivity contribution in [2.75, 3.05) is 6.54 Å². The van der Waals surface area contributed by atoms with Gasteiger partial charge < -0.3 is 10.2 Å². The Balaban J connectivity index is 2.03. The Morgan fingerprint density at radius 2 is 2.15 bits per heavy atom. The fraction of sp³-hybridized carbons (Fsp3) is 0.0556. The highest BCUT2D eigenvalue weighted by Gasteiger charge is 2.33. The number of thiophene rings is 1. The van der Waals surface area contributed by atoms with E-state index in [1.165, 1.54) is 40.1 Å². The van der Waals surface area contributed by atoms with Gasteiger partial charge in [0.05, 0.1) is 16.2 Å². The average molecular weight is 386 g/mol. The molecule has 3 rings (SSSR count). The van der Waals surface area contributed by atoms with Gasteiger partial charge in [0.25, 0.3) is 5.91 Å². The second-order valence-electron chi connectivity index (χ2n) is 5.23. The van der Waals surface area contributed by atoms with Crippen LogP contribution in [0.3, 0.4) is 0 Å². The summed E-state index contributed by atoms with van der Waals surface area (Å²) < 4.78 is 0. The second kappa shape index (κ2) is 7.59. The van der Waals surface area contributed by atoms with Gasteiger partial charge in [-0.2, -0.15) is 0 Å². The molecule has 0 bridgehead atoms. The van der Waals surface area contributed by atoms with Crippen molar-refractivity contribution in [2.45, 2.75) is 0 Å². The zero-order valence-electron chi connectivity index (χ0n) is 13.5. The SMILES string of the molecule is C=CCN1C(=O)/C(=C/c2cccs2)SC1=Nc1ccc(O)cc1C(=O)O. The Morgan fingerprint density at radius 1 is 1.35 bits per heavy atom.